The third-order valence-corrected chi connectivity index (χ3v) is 6.34. The number of hydrogen-bond donors (Lipinski definition) is 2. The summed E-state index contributed by atoms with van der Waals surface area (Å²) in [5.74, 6) is 1.07. The molecule has 1 unspecified atom stereocenters. The highest BCUT2D eigenvalue weighted by Gasteiger charge is 2.42. The molecule has 1 saturated carbocycles. The van der Waals surface area contributed by atoms with Crippen LogP contribution in [0.3, 0.4) is 0 Å². The normalized spacial score (nSPS) is 22.4. The van der Waals surface area contributed by atoms with Crippen LogP contribution >= 0.6 is 24.0 Å². The fraction of sp³-hybridized carbons (Fsp3) is 0.905. The lowest BCUT2D eigenvalue weighted by Gasteiger charge is -2.33. The molecule has 7 heteroatoms. The first kappa shape index (κ1) is 25.5. The fourth-order valence-corrected chi connectivity index (χ4v) is 4.60. The van der Waals surface area contributed by atoms with Crippen molar-refractivity contribution in [2.75, 3.05) is 47.3 Å². The lowest BCUT2D eigenvalue weighted by Crippen LogP contribution is -2.49. The summed E-state index contributed by atoms with van der Waals surface area (Å²) in [7, 11) is 5.52. The summed E-state index contributed by atoms with van der Waals surface area (Å²) in [4.78, 5) is 21.4. The second-order valence-electron chi connectivity index (χ2n) is 8.63. The van der Waals surface area contributed by atoms with Crippen LogP contribution in [0.25, 0.3) is 0 Å². The van der Waals surface area contributed by atoms with Crippen LogP contribution < -0.4 is 10.6 Å². The number of guanidine groups is 1. The van der Waals surface area contributed by atoms with Gasteiger partial charge >= 0.3 is 0 Å². The minimum Gasteiger partial charge on any atom is -0.356 e. The van der Waals surface area contributed by atoms with Crippen molar-refractivity contribution in [1.29, 1.82) is 0 Å². The highest BCUT2D eigenvalue weighted by atomic mass is 127. The van der Waals surface area contributed by atoms with Crippen LogP contribution in [0.15, 0.2) is 4.99 Å². The van der Waals surface area contributed by atoms with E-state index in [1.807, 2.05) is 14.1 Å². The Balaban J connectivity index is 0.00000392. The molecule has 28 heavy (non-hydrogen) atoms. The maximum Gasteiger partial charge on any atom is 0.230 e. The average Bonchev–Trinajstić information content (AvgIpc) is 3.14. The van der Waals surface area contributed by atoms with Gasteiger partial charge < -0.3 is 20.4 Å². The molecule has 1 atom stereocenters. The molecule has 1 amide bonds. The van der Waals surface area contributed by atoms with E-state index in [2.05, 4.69) is 27.4 Å². The maximum atomic E-state index is 12.7. The van der Waals surface area contributed by atoms with Gasteiger partial charge in [-0.15, -0.1) is 24.0 Å². The summed E-state index contributed by atoms with van der Waals surface area (Å²) in [5.41, 5.74) is -0.258. The minimum atomic E-state index is -0.258. The number of hydrogen-bond acceptors (Lipinski definition) is 3. The second-order valence-corrected chi connectivity index (χ2v) is 8.63. The number of amides is 1. The third-order valence-electron chi connectivity index (χ3n) is 6.34. The monoisotopic (exact) mass is 507 g/mol. The van der Waals surface area contributed by atoms with Crippen LogP contribution in [0.4, 0.5) is 0 Å². The van der Waals surface area contributed by atoms with E-state index in [4.69, 9.17) is 0 Å². The third kappa shape index (κ3) is 7.35. The number of unbranched alkanes of at least 4 members (excludes halogenated alkanes) is 1. The van der Waals surface area contributed by atoms with E-state index in [-0.39, 0.29) is 35.3 Å². The summed E-state index contributed by atoms with van der Waals surface area (Å²) in [6, 6.07) is 0.748. The number of nitrogens with zero attached hydrogens (tertiary/aromatic N) is 3. The molecule has 2 rings (SSSR count). The Labute approximate surface area is 189 Å². The molecular formula is C21H42IN5O. The van der Waals surface area contributed by atoms with E-state index in [0.717, 1.165) is 50.7 Å². The number of carbonyl (C=O) groups is 1. The van der Waals surface area contributed by atoms with Crippen molar-refractivity contribution in [3.63, 3.8) is 0 Å². The highest BCUT2D eigenvalue weighted by Crippen LogP contribution is 2.38. The van der Waals surface area contributed by atoms with Gasteiger partial charge in [0.25, 0.3) is 0 Å². The minimum absolute atomic E-state index is 0. The SMILES string of the molecule is CN=C(NCCCCN1CCCCC1C)NCC1(C(=O)N(C)C)CCCC1.I. The van der Waals surface area contributed by atoms with Gasteiger partial charge in [0.05, 0.1) is 5.41 Å². The van der Waals surface area contributed by atoms with E-state index < -0.39 is 0 Å². The zero-order valence-electron chi connectivity index (χ0n) is 18.4. The predicted octanol–water partition coefficient (Wildman–Crippen LogP) is 3.07. The van der Waals surface area contributed by atoms with Crippen LogP contribution in [0.2, 0.25) is 0 Å². The molecular weight excluding hydrogens is 465 g/mol. The molecule has 0 radical (unpaired) electrons. The smallest absolute Gasteiger partial charge is 0.230 e. The summed E-state index contributed by atoms with van der Waals surface area (Å²) in [5, 5.41) is 6.84. The number of rotatable bonds is 8. The van der Waals surface area contributed by atoms with Gasteiger partial charge in [0.15, 0.2) is 5.96 Å². The summed E-state index contributed by atoms with van der Waals surface area (Å²) in [6.07, 6.45) is 10.7. The van der Waals surface area contributed by atoms with Crippen LogP contribution in [0, 0.1) is 5.41 Å². The quantitative estimate of drug-likeness (QED) is 0.230. The van der Waals surface area contributed by atoms with Gasteiger partial charge in [0.1, 0.15) is 0 Å². The first-order valence-corrected chi connectivity index (χ1v) is 10.9. The Morgan fingerprint density at radius 3 is 2.46 bits per heavy atom. The van der Waals surface area contributed by atoms with E-state index in [9.17, 15) is 4.79 Å². The first-order valence-electron chi connectivity index (χ1n) is 10.9. The number of carbonyl (C=O) groups excluding carboxylic acids is 1. The molecule has 1 saturated heterocycles. The molecule has 1 aliphatic carbocycles. The molecule has 2 aliphatic rings. The average molecular weight is 508 g/mol. The summed E-state index contributed by atoms with van der Waals surface area (Å²) < 4.78 is 0. The van der Waals surface area contributed by atoms with E-state index in [1.54, 1.807) is 11.9 Å². The molecule has 1 aliphatic heterocycles. The number of piperidine rings is 1. The summed E-state index contributed by atoms with van der Waals surface area (Å²) >= 11 is 0. The van der Waals surface area contributed by atoms with Crippen LogP contribution in [-0.2, 0) is 4.79 Å². The van der Waals surface area contributed by atoms with Crippen molar-refractivity contribution in [3.8, 4) is 0 Å². The van der Waals surface area contributed by atoms with Gasteiger partial charge in [-0.2, -0.15) is 0 Å². The fourth-order valence-electron chi connectivity index (χ4n) is 4.60. The molecule has 0 aromatic rings. The van der Waals surface area contributed by atoms with Gasteiger partial charge in [0, 0.05) is 40.3 Å². The van der Waals surface area contributed by atoms with Crippen LogP contribution in [0.5, 0.6) is 0 Å². The number of likely N-dealkylation sites (tertiary alicyclic amines) is 1. The maximum absolute atomic E-state index is 12.7. The van der Waals surface area contributed by atoms with Gasteiger partial charge in [-0.1, -0.05) is 19.3 Å². The number of aliphatic imine (C=N–C) groups is 1. The molecule has 2 N–H and O–H groups in total. The Bertz CT molecular complexity index is 491. The molecule has 0 bridgehead atoms. The molecule has 0 aromatic carbocycles. The van der Waals surface area contributed by atoms with Crippen molar-refractivity contribution in [2.45, 2.75) is 70.8 Å². The standard InChI is InChI=1S/C21H41N5O.HI/c1-18-11-5-9-15-26(18)16-10-8-14-23-20(22-2)24-17-21(12-6-7-13-21)19(27)25(3)4;/h18H,5-17H2,1-4H3,(H2,22,23,24);1H. The molecule has 0 spiro atoms. The number of nitrogens with one attached hydrogen (secondary N) is 2. The topological polar surface area (TPSA) is 60.0 Å². The molecule has 1 heterocycles. The lowest BCUT2D eigenvalue weighted by molar-refractivity contribution is -0.138. The van der Waals surface area contributed by atoms with Crippen molar-refractivity contribution in [3.05, 3.63) is 0 Å². The first-order chi connectivity index (χ1) is 13.0. The van der Waals surface area contributed by atoms with Gasteiger partial charge in [-0.05, 0) is 58.5 Å². The van der Waals surface area contributed by atoms with Gasteiger partial charge in [-0.25, -0.2) is 0 Å². The van der Waals surface area contributed by atoms with E-state index >= 15 is 0 Å². The number of halogens is 1. The molecule has 0 aromatic heterocycles. The van der Waals surface area contributed by atoms with Crippen molar-refractivity contribution in [1.82, 2.24) is 20.4 Å². The Morgan fingerprint density at radius 1 is 1.14 bits per heavy atom. The van der Waals surface area contributed by atoms with Crippen LogP contribution in [-0.4, -0.2) is 75.0 Å². The summed E-state index contributed by atoms with van der Waals surface area (Å²) in [6.45, 7) is 6.43. The van der Waals surface area contributed by atoms with Gasteiger partial charge in [0.2, 0.25) is 5.91 Å². The van der Waals surface area contributed by atoms with Crippen LogP contribution in [0.1, 0.15) is 64.7 Å². The molecule has 164 valence electrons. The second kappa shape index (κ2) is 12.9. The Kier molecular flexibility index (Phi) is 11.7. The highest BCUT2D eigenvalue weighted by molar-refractivity contribution is 14.0. The predicted molar refractivity (Wildman–Crippen MR) is 128 cm³/mol. The Morgan fingerprint density at radius 2 is 1.86 bits per heavy atom. The zero-order chi connectivity index (χ0) is 19.7. The lowest BCUT2D eigenvalue weighted by atomic mass is 9.84. The zero-order valence-corrected chi connectivity index (χ0v) is 20.8. The van der Waals surface area contributed by atoms with Crippen molar-refractivity contribution < 1.29 is 4.79 Å². The van der Waals surface area contributed by atoms with Crippen molar-refractivity contribution in [2.24, 2.45) is 10.4 Å². The largest absolute Gasteiger partial charge is 0.356 e. The van der Waals surface area contributed by atoms with Gasteiger partial charge in [-0.3, -0.25) is 9.79 Å². The molecule has 6 nitrogen and oxygen atoms in total. The Hall–Kier alpha value is -0.570. The van der Waals surface area contributed by atoms with Crippen molar-refractivity contribution >= 4 is 35.8 Å². The van der Waals surface area contributed by atoms with E-state index in [0.29, 0.717) is 6.54 Å². The molecule has 2 fully saturated rings. The van der Waals surface area contributed by atoms with E-state index in [1.165, 1.54) is 38.8 Å².